The number of para-hydroxylation sites is 1. The van der Waals surface area contributed by atoms with Crippen molar-refractivity contribution < 1.29 is 0 Å². The molecule has 146 valence electrons. The molecule has 4 nitrogen and oxygen atoms in total. The molecule has 2 aromatic rings. The Bertz CT molecular complexity index is 929. The standard InChI is InChI=1S/C23H28N4S/c1-6-27-21-12-16(2)18(13-20(21)17(3)14-23(27,4)5)15-24-26-22(28)25-19-10-8-7-9-11-19/h7-15H,6H2,1-5H3,(H2,25,26,28)/b24-15+. The molecular weight excluding hydrogens is 364 g/mol. The molecule has 0 radical (unpaired) electrons. The molecule has 1 aliphatic rings. The Kier molecular flexibility index (Phi) is 5.84. The van der Waals surface area contributed by atoms with E-state index in [4.69, 9.17) is 12.2 Å². The van der Waals surface area contributed by atoms with Crippen LogP contribution in [0.25, 0.3) is 5.57 Å². The maximum absolute atomic E-state index is 5.30. The summed E-state index contributed by atoms with van der Waals surface area (Å²) in [4.78, 5) is 2.44. The zero-order valence-corrected chi connectivity index (χ0v) is 18.0. The minimum absolute atomic E-state index is 0.0186. The van der Waals surface area contributed by atoms with Crippen molar-refractivity contribution >= 4 is 40.5 Å². The third-order valence-corrected chi connectivity index (χ3v) is 5.28. The van der Waals surface area contributed by atoms with Gasteiger partial charge < -0.3 is 10.2 Å². The van der Waals surface area contributed by atoms with Crippen LogP contribution in [0.5, 0.6) is 0 Å². The molecule has 2 aromatic carbocycles. The average Bonchev–Trinajstić information content (AvgIpc) is 2.63. The maximum atomic E-state index is 5.30. The van der Waals surface area contributed by atoms with Crippen LogP contribution in [0, 0.1) is 6.92 Å². The number of aryl methyl sites for hydroxylation is 1. The van der Waals surface area contributed by atoms with Gasteiger partial charge in [0.15, 0.2) is 5.11 Å². The van der Waals surface area contributed by atoms with Crippen molar-refractivity contribution in [2.75, 3.05) is 16.8 Å². The normalized spacial score (nSPS) is 15.2. The van der Waals surface area contributed by atoms with Gasteiger partial charge in [0.2, 0.25) is 0 Å². The first-order chi connectivity index (χ1) is 13.3. The number of rotatable bonds is 4. The number of benzene rings is 2. The van der Waals surface area contributed by atoms with E-state index >= 15 is 0 Å². The summed E-state index contributed by atoms with van der Waals surface area (Å²) in [7, 11) is 0. The van der Waals surface area contributed by atoms with Crippen LogP contribution in [0.1, 0.15) is 44.4 Å². The molecule has 1 aliphatic heterocycles. The molecule has 3 rings (SSSR count). The second-order valence-electron chi connectivity index (χ2n) is 7.64. The lowest BCUT2D eigenvalue weighted by atomic mass is 9.87. The number of hydrogen-bond acceptors (Lipinski definition) is 3. The summed E-state index contributed by atoms with van der Waals surface area (Å²) >= 11 is 5.30. The van der Waals surface area contributed by atoms with Crippen molar-refractivity contribution in [3.8, 4) is 0 Å². The fraction of sp³-hybridized carbons (Fsp3) is 0.304. The number of likely N-dealkylation sites (N-methyl/N-ethyl adjacent to an activating group) is 1. The van der Waals surface area contributed by atoms with E-state index in [1.807, 2.05) is 36.5 Å². The van der Waals surface area contributed by atoms with Crippen LogP contribution in [0.4, 0.5) is 11.4 Å². The molecule has 0 aromatic heterocycles. The number of anilines is 2. The van der Waals surface area contributed by atoms with Gasteiger partial charge in [-0.15, -0.1) is 0 Å². The average molecular weight is 393 g/mol. The smallest absolute Gasteiger partial charge is 0.191 e. The Hall–Kier alpha value is -2.66. The van der Waals surface area contributed by atoms with Crippen LogP contribution in [0.3, 0.4) is 0 Å². The van der Waals surface area contributed by atoms with E-state index in [1.165, 1.54) is 22.4 Å². The summed E-state index contributed by atoms with van der Waals surface area (Å²) in [6, 6.07) is 14.3. The highest BCUT2D eigenvalue weighted by Gasteiger charge is 2.30. The first kappa shape index (κ1) is 20.1. The molecule has 0 aliphatic carbocycles. The van der Waals surface area contributed by atoms with Crippen LogP contribution in [-0.4, -0.2) is 23.4 Å². The third kappa shape index (κ3) is 4.25. The molecule has 0 unspecified atom stereocenters. The lowest BCUT2D eigenvalue weighted by Crippen LogP contribution is -2.45. The van der Waals surface area contributed by atoms with Crippen molar-refractivity contribution in [2.45, 2.75) is 40.2 Å². The van der Waals surface area contributed by atoms with Crippen LogP contribution < -0.4 is 15.6 Å². The summed E-state index contributed by atoms with van der Waals surface area (Å²) in [6.07, 6.45) is 4.17. The predicted octanol–water partition coefficient (Wildman–Crippen LogP) is 5.34. The summed E-state index contributed by atoms with van der Waals surface area (Å²) in [5.41, 5.74) is 9.97. The Balaban J connectivity index is 1.78. The number of hydrogen-bond donors (Lipinski definition) is 2. The Morgan fingerprint density at radius 3 is 2.57 bits per heavy atom. The minimum atomic E-state index is 0.0186. The third-order valence-electron chi connectivity index (χ3n) is 5.08. The van der Waals surface area contributed by atoms with Gasteiger partial charge in [-0.1, -0.05) is 24.3 Å². The number of thiocarbonyl (C=S) groups is 1. The van der Waals surface area contributed by atoms with Crippen LogP contribution >= 0.6 is 12.2 Å². The monoisotopic (exact) mass is 392 g/mol. The molecule has 0 saturated heterocycles. The number of allylic oxidation sites excluding steroid dienone is 1. The molecule has 0 fully saturated rings. The fourth-order valence-corrected chi connectivity index (χ4v) is 3.97. The van der Waals surface area contributed by atoms with Gasteiger partial charge in [-0.25, -0.2) is 0 Å². The fourth-order valence-electron chi connectivity index (χ4n) is 3.80. The molecule has 28 heavy (non-hydrogen) atoms. The van der Waals surface area contributed by atoms with Crippen LogP contribution in [0.2, 0.25) is 0 Å². The van der Waals surface area contributed by atoms with E-state index < -0.39 is 0 Å². The van der Waals surface area contributed by atoms with E-state index in [-0.39, 0.29) is 5.54 Å². The first-order valence-electron chi connectivity index (χ1n) is 9.59. The highest BCUT2D eigenvalue weighted by molar-refractivity contribution is 7.80. The van der Waals surface area contributed by atoms with Crippen molar-refractivity contribution in [2.24, 2.45) is 5.10 Å². The van der Waals surface area contributed by atoms with E-state index in [1.54, 1.807) is 0 Å². The lowest BCUT2D eigenvalue weighted by molar-refractivity contribution is 0.566. The summed E-state index contributed by atoms with van der Waals surface area (Å²) in [6.45, 7) is 12.0. The topological polar surface area (TPSA) is 39.7 Å². The van der Waals surface area contributed by atoms with Crippen molar-refractivity contribution in [3.05, 3.63) is 65.2 Å². The van der Waals surface area contributed by atoms with Gasteiger partial charge in [-0.05, 0) is 87.8 Å². The van der Waals surface area contributed by atoms with Crippen molar-refractivity contribution in [3.63, 3.8) is 0 Å². The van der Waals surface area contributed by atoms with Crippen LogP contribution in [-0.2, 0) is 0 Å². The molecule has 0 spiro atoms. The minimum Gasteiger partial charge on any atom is -0.363 e. The van der Waals surface area contributed by atoms with Gasteiger partial charge >= 0.3 is 0 Å². The molecule has 2 N–H and O–H groups in total. The van der Waals surface area contributed by atoms with E-state index in [0.29, 0.717) is 5.11 Å². The number of nitrogens with one attached hydrogen (secondary N) is 2. The maximum Gasteiger partial charge on any atom is 0.191 e. The zero-order chi connectivity index (χ0) is 20.3. The highest BCUT2D eigenvalue weighted by Crippen LogP contribution is 2.39. The predicted molar refractivity (Wildman–Crippen MR) is 125 cm³/mol. The number of fused-ring (bicyclic) bond motifs is 1. The second kappa shape index (κ2) is 8.15. The second-order valence-corrected chi connectivity index (χ2v) is 8.05. The van der Waals surface area contributed by atoms with Gasteiger partial charge in [-0.2, -0.15) is 5.10 Å². The Morgan fingerprint density at radius 1 is 1.18 bits per heavy atom. The van der Waals surface area contributed by atoms with Crippen molar-refractivity contribution in [1.82, 2.24) is 5.43 Å². The molecule has 1 heterocycles. The summed E-state index contributed by atoms with van der Waals surface area (Å²) in [5.74, 6) is 0. The van der Waals surface area contributed by atoms with Gasteiger partial charge in [0.25, 0.3) is 0 Å². The van der Waals surface area contributed by atoms with E-state index in [9.17, 15) is 0 Å². The molecule has 0 amide bonds. The van der Waals surface area contributed by atoms with Gasteiger partial charge in [0.05, 0.1) is 11.8 Å². The SMILES string of the molecule is CCN1c2cc(C)c(/C=N/NC(=S)Nc3ccccc3)cc2C(C)=CC1(C)C. The summed E-state index contributed by atoms with van der Waals surface area (Å²) in [5, 5.41) is 7.91. The van der Waals surface area contributed by atoms with E-state index in [0.717, 1.165) is 17.8 Å². The lowest BCUT2D eigenvalue weighted by Gasteiger charge is -2.43. The van der Waals surface area contributed by atoms with Gasteiger partial charge in [-0.3, -0.25) is 5.43 Å². The number of hydrazone groups is 1. The van der Waals surface area contributed by atoms with E-state index in [2.05, 4.69) is 73.6 Å². The number of nitrogens with zero attached hydrogens (tertiary/aromatic N) is 2. The van der Waals surface area contributed by atoms with Crippen LogP contribution in [0.15, 0.2) is 53.6 Å². The molecule has 0 saturated carbocycles. The Morgan fingerprint density at radius 2 is 1.89 bits per heavy atom. The molecule has 0 bridgehead atoms. The molecule has 0 atom stereocenters. The van der Waals surface area contributed by atoms with Gasteiger partial charge in [0, 0.05) is 23.5 Å². The summed E-state index contributed by atoms with van der Waals surface area (Å²) < 4.78 is 0. The first-order valence-corrected chi connectivity index (χ1v) is 10.00. The largest absolute Gasteiger partial charge is 0.363 e. The zero-order valence-electron chi connectivity index (χ0n) is 17.2. The van der Waals surface area contributed by atoms with Crippen molar-refractivity contribution in [1.29, 1.82) is 0 Å². The molecular formula is C23H28N4S. The van der Waals surface area contributed by atoms with Gasteiger partial charge in [0.1, 0.15) is 0 Å². The molecule has 5 heteroatoms. The highest BCUT2D eigenvalue weighted by atomic mass is 32.1. The quantitative estimate of drug-likeness (QED) is 0.419. The Labute approximate surface area is 173 Å².